The van der Waals surface area contributed by atoms with Crippen molar-refractivity contribution in [3.8, 4) is 0 Å². The van der Waals surface area contributed by atoms with Gasteiger partial charge in [-0.2, -0.15) is 11.1 Å². The number of rotatable bonds is 1. The van der Waals surface area contributed by atoms with Gasteiger partial charge >= 0.3 is 70.3 Å². The van der Waals surface area contributed by atoms with Gasteiger partial charge < -0.3 is 24.8 Å². The minimum absolute atomic E-state index is 0. The maximum atomic E-state index is 3.36. The number of fused-ring (bicyclic) bond motifs is 3. The second kappa shape index (κ2) is 15.2. The summed E-state index contributed by atoms with van der Waals surface area (Å²) in [6, 6.07) is 24.7. The molecule has 1 unspecified atom stereocenters. The maximum absolute atomic E-state index is 3.36. The third-order valence-corrected chi connectivity index (χ3v) is 8.74. The molecule has 4 aromatic carbocycles. The predicted molar refractivity (Wildman–Crippen MR) is 171 cm³/mol. The van der Waals surface area contributed by atoms with Crippen molar-refractivity contribution >= 4 is 25.3 Å². The molecule has 41 heavy (non-hydrogen) atoms. The van der Waals surface area contributed by atoms with Crippen molar-refractivity contribution in [2.75, 3.05) is 0 Å². The summed E-state index contributed by atoms with van der Waals surface area (Å²) in [5, 5.41) is 5.49. The third kappa shape index (κ3) is 9.68. The van der Waals surface area contributed by atoms with E-state index < -0.39 is 0 Å². The number of benzene rings is 3. The molecular formula is C38H46Cl2Zr-2. The largest absolute Gasteiger partial charge is 1.00 e. The Hall–Kier alpha value is -1.66. The van der Waals surface area contributed by atoms with Gasteiger partial charge in [-0.05, 0) is 10.8 Å². The standard InChI is InChI=1S/C21H25.C9H13.C8H8.2ClH.Zr/c1-20(2,3)16-9-7-14-11-15-8-10-17(21(4,5)6)13-19(15)18(14)12-16;1-6-5-7(2)9(4)8(6)3;1-7-3-5-8(2)6-4-7;;;/h7-13H,1-6H3;6H,1-4H3;1,3-6H,2H3;2*1H;/q2*-1;;;;+2/p-2. The van der Waals surface area contributed by atoms with Crippen LogP contribution >= 0.6 is 0 Å². The number of aryl methyl sites for hydroxylation is 1. The van der Waals surface area contributed by atoms with Gasteiger partial charge in [0.15, 0.2) is 0 Å². The molecule has 1 aliphatic rings. The molecule has 0 saturated heterocycles. The van der Waals surface area contributed by atoms with Crippen LogP contribution in [-0.2, 0) is 35.1 Å². The molecule has 0 amide bonds. The van der Waals surface area contributed by atoms with Gasteiger partial charge in [0.05, 0.1) is 0 Å². The zero-order valence-corrected chi connectivity index (χ0v) is 30.7. The Kier molecular flexibility index (Phi) is 13.8. The van der Waals surface area contributed by atoms with Crippen molar-refractivity contribution < 1.29 is 49.0 Å². The van der Waals surface area contributed by atoms with E-state index in [4.69, 9.17) is 0 Å². The van der Waals surface area contributed by atoms with Crippen LogP contribution in [0.5, 0.6) is 0 Å². The Bertz CT molecular complexity index is 1450. The molecule has 0 heterocycles. The topological polar surface area (TPSA) is 0 Å². The minimum atomic E-state index is 0. The molecule has 0 spiro atoms. The van der Waals surface area contributed by atoms with Gasteiger partial charge in [0.1, 0.15) is 0 Å². The molecule has 0 nitrogen and oxygen atoms in total. The molecule has 0 saturated carbocycles. The Morgan fingerprint density at radius 3 is 1.44 bits per heavy atom. The van der Waals surface area contributed by atoms with Crippen molar-refractivity contribution in [3.05, 3.63) is 112 Å². The van der Waals surface area contributed by atoms with E-state index in [1.807, 2.05) is 0 Å². The molecule has 0 bridgehead atoms. The molecule has 1 atom stereocenters. The first-order valence-electron chi connectivity index (χ1n) is 14.1. The van der Waals surface area contributed by atoms with Crippen LogP contribution in [0.25, 0.3) is 21.5 Å². The molecule has 0 aromatic heterocycles. The van der Waals surface area contributed by atoms with E-state index in [9.17, 15) is 0 Å². The fraction of sp³-hybridized carbons (Fsp3) is 0.368. The van der Waals surface area contributed by atoms with Gasteiger partial charge in [-0.15, -0.1) is 46.7 Å². The van der Waals surface area contributed by atoms with Crippen LogP contribution < -0.4 is 24.8 Å². The van der Waals surface area contributed by atoms with E-state index in [0.717, 1.165) is 0 Å². The van der Waals surface area contributed by atoms with Gasteiger partial charge in [-0.3, -0.25) is 6.08 Å². The molecule has 0 radical (unpaired) electrons. The summed E-state index contributed by atoms with van der Waals surface area (Å²) in [6.07, 6.45) is 3.36. The fourth-order valence-corrected chi connectivity index (χ4v) is 5.23. The molecule has 0 aliphatic heterocycles. The van der Waals surface area contributed by atoms with Crippen molar-refractivity contribution in [1.82, 2.24) is 0 Å². The third-order valence-electron chi connectivity index (χ3n) is 7.92. The second-order valence-corrected chi connectivity index (χ2v) is 13.8. The Morgan fingerprint density at radius 2 is 1.15 bits per heavy atom. The van der Waals surface area contributed by atoms with Crippen LogP contribution in [0.1, 0.15) is 91.5 Å². The Labute approximate surface area is 277 Å². The van der Waals surface area contributed by atoms with E-state index in [1.165, 1.54) is 84.8 Å². The summed E-state index contributed by atoms with van der Waals surface area (Å²) >= 11 is 1.47. The molecular weight excluding hydrogens is 619 g/mol. The molecule has 218 valence electrons. The monoisotopic (exact) mass is 662 g/mol. The van der Waals surface area contributed by atoms with Gasteiger partial charge in [0.2, 0.25) is 0 Å². The average Bonchev–Trinajstić information content (AvgIpc) is 3.35. The van der Waals surface area contributed by atoms with E-state index >= 15 is 0 Å². The fourth-order valence-electron chi connectivity index (χ4n) is 4.76. The maximum Gasteiger partial charge on any atom is -1.00 e. The number of hydrogen-bond donors (Lipinski definition) is 0. The van der Waals surface area contributed by atoms with Gasteiger partial charge in [0.25, 0.3) is 0 Å². The molecule has 4 aromatic rings. The summed E-state index contributed by atoms with van der Waals surface area (Å²) in [4.78, 5) is 0. The number of hydrogen-bond acceptors (Lipinski definition) is 0. The van der Waals surface area contributed by atoms with Crippen LogP contribution in [0.15, 0.2) is 83.4 Å². The zero-order valence-electron chi connectivity index (χ0n) is 26.8. The molecule has 3 heteroatoms. The van der Waals surface area contributed by atoms with Gasteiger partial charge in [-0.1, -0.05) is 104 Å². The van der Waals surface area contributed by atoms with Crippen LogP contribution in [0, 0.1) is 18.9 Å². The molecule has 0 N–H and O–H groups in total. The summed E-state index contributed by atoms with van der Waals surface area (Å²) in [7, 11) is 0. The number of allylic oxidation sites excluding steroid dienone is 4. The van der Waals surface area contributed by atoms with E-state index in [-0.39, 0.29) is 35.6 Å². The van der Waals surface area contributed by atoms with E-state index in [2.05, 4.69) is 153 Å². The van der Waals surface area contributed by atoms with Crippen molar-refractivity contribution in [2.24, 2.45) is 5.92 Å². The number of halogens is 2. The first kappa shape index (κ1) is 37.4. The summed E-state index contributed by atoms with van der Waals surface area (Å²) in [6.45, 7) is 24.4. The minimum Gasteiger partial charge on any atom is -1.00 e. The Morgan fingerprint density at radius 1 is 0.707 bits per heavy atom. The second-order valence-electron chi connectivity index (χ2n) is 13.1. The van der Waals surface area contributed by atoms with Crippen LogP contribution in [-0.4, -0.2) is 3.71 Å². The van der Waals surface area contributed by atoms with Crippen LogP contribution in [0.3, 0.4) is 0 Å². The summed E-state index contributed by atoms with van der Waals surface area (Å²) < 4.78 is 2.19. The quantitative estimate of drug-likeness (QED) is 0.259. The predicted octanol–water partition coefficient (Wildman–Crippen LogP) is 4.73. The normalized spacial score (nSPS) is 14.8. The smallest absolute Gasteiger partial charge is 1.00 e. The average molecular weight is 665 g/mol. The van der Waals surface area contributed by atoms with Gasteiger partial charge in [-0.25, -0.2) is 5.57 Å². The molecule has 5 rings (SSSR count). The van der Waals surface area contributed by atoms with Crippen molar-refractivity contribution in [1.29, 1.82) is 0 Å². The summed E-state index contributed by atoms with van der Waals surface area (Å²) in [5.41, 5.74) is 10.1. The summed E-state index contributed by atoms with van der Waals surface area (Å²) in [5.74, 6) is 0.560. The van der Waals surface area contributed by atoms with Crippen molar-refractivity contribution in [2.45, 2.75) is 87.0 Å². The molecule has 1 aliphatic carbocycles. The van der Waals surface area contributed by atoms with E-state index in [0.29, 0.717) is 5.92 Å². The Balaban J connectivity index is 0.000000351. The zero-order chi connectivity index (χ0) is 29.1. The molecule has 0 fully saturated rings. The van der Waals surface area contributed by atoms with Crippen LogP contribution in [0.4, 0.5) is 0 Å². The van der Waals surface area contributed by atoms with Gasteiger partial charge in [0, 0.05) is 0 Å². The van der Waals surface area contributed by atoms with Crippen LogP contribution in [0.2, 0.25) is 0 Å². The van der Waals surface area contributed by atoms with E-state index in [1.54, 1.807) is 0 Å². The van der Waals surface area contributed by atoms with Crippen molar-refractivity contribution in [3.63, 3.8) is 0 Å². The first-order chi connectivity index (χ1) is 18.1. The SMILES string of the molecule is CC(C)(C)c1ccc2[cH-]c3ccc(C(C)(C)C)cc3c2c1.CC1=[C-]C(C)C(C)=C1C.Cc1ccc([CH]=[Zr+2])cc1.[Cl-].[Cl-]. The first-order valence-corrected chi connectivity index (χ1v) is 15.5.